The van der Waals surface area contributed by atoms with Crippen LogP contribution in [0.25, 0.3) is 11.0 Å². The molecule has 37 heavy (non-hydrogen) atoms. The van der Waals surface area contributed by atoms with Crippen LogP contribution < -0.4 is 14.9 Å². The van der Waals surface area contributed by atoms with Crippen LogP contribution >= 0.6 is 0 Å². The lowest BCUT2D eigenvalue weighted by molar-refractivity contribution is -0.154. The van der Waals surface area contributed by atoms with Crippen molar-refractivity contribution in [2.45, 2.75) is 25.2 Å². The number of benzene rings is 2. The molecule has 0 amide bonds. The maximum atomic E-state index is 14.0. The van der Waals surface area contributed by atoms with E-state index in [1.165, 1.54) is 43.5 Å². The van der Waals surface area contributed by atoms with Crippen LogP contribution in [0.5, 0.6) is 17.2 Å². The molecule has 1 unspecified atom stereocenters. The molecule has 1 saturated heterocycles. The fourth-order valence-electron chi connectivity index (χ4n) is 4.44. The Bertz CT molecular complexity index is 1550. The van der Waals surface area contributed by atoms with Crippen molar-refractivity contribution in [3.8, 4) is 17.2 Å². The van der Waals surface area contributed by atoms with Crippen LogP contribution in [0.15, 0.2) is 45.6 Å². The summed E-state index contributed by atoms with van der Waals surface area (Å²) in [6.07, 6.45) is -4.71. The predicted octanol–water partition coefficient (Wildman–Crippen LogP) is 3.73. The Morgan fingerprint density at radius 1 is 1.14 bits per heavy atom. The van der Waals surface area contributed by atoms with Crippen molar-refractivity contribution in [1.29, 1.82) is 0 Å². The van der Waals surface area contributed by atoms with Gasteiger partial charge in [0.05, 0.1) is 35.1 Å². The molecule has 3 aromatic rings. The maximum absolute atomic E-state index is 14.0. The standard InChI is InChI=1S/C24H20F3NO8S/c1-33-23(30)13-2-4-15(5-3-13)35-21-19(29)16-6-7-18-17(20(16)36-22(21)24(25,26)27)10-28(12-34-18)14-8-9-37(31,32)11-14/h2-7,14H,8-12H2,1H3. The van der Waals surface area contributed by atoms with Crippen molar-refractivity contribution in [3.63, 3.8) is 0 Å². The molecule has 1 fully saturated rings. The highest BCUT2D eigenvalue weighted by Crippen LogP contribution is 2.41. The van der Waals surface area contributed by atoms with Crippen molar-refractivity contribution in [2.75, 3.05) is 25.3 Å². The number of methoxy groups -OCH3 is 1. The van der Waals surface area contributed by atoms with E-state index in [0.29, 0.717) is 6.42 Å². The highest BCUT2D eigenvalue weighted by molar-refractivity contribution is 7.91. The first kappa shape index (κ1) is 25.1. The normalized spacial score (nSPS) is 19.3. The van der Waals surface area contributed by atoms with E-state index >= 15 is 0 Å². The summed E-state index contributed by atoms with van der Waals surface area (Å²) < 4.78 is 86.8. The monoisotopic (exact) mass is 539 g/mol. The summed E-state index contributed by atoms with van der Waals surface area (Å²) in [5.74, 6) is -3.28. The Hall–Kier alpha value is -3.58. The average Bonchev–Trinajstić information content (AvgIpc) is 3.23. The summed E-state index contributed by atoms with van der Waals surface area (Å²) in [5, 5.41) is -0.155. The lowest BCUT2D eigenvalue weighted by atomic mass is 10.1. The minimum absolute atomic E-state index is 0.0190. The molecule has 2 aromatic carbocycles. The largest absolute Gasteiger partial charge is 0.478 e. The molecule has 0 spiro atoms. The van der Waals surface area contributed by atoms with Gasteiger partial charge in [-0.05, 0) is 42.8 Å². The van der Waals surface area contributed by atoms with Crippen LogP contribution in [0.1, 0.15) is 28.1 Å². The highest BCUT2D eigenvalue weighted by atomic mass is 32.2. The zero-order valence-corrected chi connectivity index (χ0v) is 20.1. The lowest BCUT2D eigenvalue weighted by Gasteiger charge is -2.33. The van der Waals surface area contributed by atoms with Gasteiger partial charge < -0.3 is 18.6 Å². The fraction of sp³-hybridized carbons (Fsp3) is 0.333. The molecule has 2 aliphatic rings. The van der Waals surface area contributed by atoms with Crippen LogP contribution in [0.3, 0.4) is 0 Å². The smallest absolute Gasteiger partial charge is 0.453 e. The molecule has 13 heteroatoms. The number of ether oxygens (including phenoxy) is 3. The average molecular weight is 539 g/mol. The van der Waals surface area contributed by atoms with Gasteiger partial charge in [-0.15, -0.1) is 0 Å². The van der Waals surface area contributed by atoms with E-state index in [4.69, 9.17) is 13.9 Å². The van der Waals surface area contributed by atoms with Crippen LogP contribution in [0.2, 0.25) is 0 Å². The summed E-state index contributed by atoms with van der Waals surface area (Å²) in [6, 6.07) is 7.40. The number of sulfone groups is 1. The van der Waals surface area contributed by atoms with Gasteiger partial charge in [0.1, 0.15) is 23.8 Å². The molecule has 0 saturated carbocycles. The second-order valence-corrected chi connectivity index (χ2v) is 10.9. The van der Waals surface area contributed by atoms with E-state index in [1.54, 1.807) is 4.90 Å². The Balaban J connectivity index is 1.57. The highest BCUT2D eigenvalue weighted by Gasteiger charge is 2.42. The van der Waals surface area contributed by atoms with Gasteiger partial charge in [-0.25, -0.2) is 13.2 Å². The van der Waals surface area contributed by atoms with Crippen molar-refractivity contribution in [3.05, 3.63) is 63.5 Å². The van der Waals surface area contributed by atoms with Crippen molar-refractivity contribution >= 4 is 26.8 Å². The van der Waals surface area contributed by atoms with Gasteiger partial charge in [0.25, 0.3) is 5.76 Å². The molecule has 5 rings (SSSR count). The number of hydrogen-bond donors (Lipinski definition) is 0. The number of carbonyl (C=O) groups excluding carboxylic acids is 1. The van der Waals surface area contributed by atoms with E-state index in [0.717, 1.165) is 0 Å². The number of alkyl halides is 3. The maximum Gasteiger partial charge on any atom is 0.453 e. The van der Waals surface area contributed by atoms with Gasteiger partial charge >= 0.3 is 12.1 Å². The molecule has 0 aliphatic carbocycles. The van der Waals surface area contributed by atoms with E-state index in [9.17, 15) is 31.2 Å². The first-order chi connectivity index (χ1) is 17.5. The zero-order valence-electron chi connectivity index (χ0n) is 19.3. The fourth-order valence-corrected chi connectivity index (χ4v) is 6.20. The Labute approximate surface area is 208 Å². The molecule has 2 aliphatic heterocycles. The SMILES string of the molecule is COC(=O)c1ccc(Oc2c(C(F)(F)F)oc3c4c(ccc3c2=O)OCN(C2CCS(=O)(=O)C2)C4)cc1. The third-order valence-electron chi connectivity index (χ3n) is 6.30. The van der Waals surface area contributed by atoms with Gasteiger partial charge in [0, 0.05) is 12.6 Å². The quantitative estimate of drug-likeness (QED) is 0.458. The Kier molecular flexibility index (Phi) is 6.15. The third kappa shape index (κ3) is 4.76. The number of halogens is 3. The van der Waals surface area contributed by atoms with E-state index < -0.39 is 38.9 Å². The minimum Gasteiger partial charge on any atom is -0.478 e. The van der Waals surface area contributed by atoms with Gasteiger partial charge in [0.2, 0.25) is 11.2 Å². The molecular weight excluding hydrogens is 519 g/mol. The van der Waals surface area contributed by atoms with Crippen molar-refractivity contribution in [2.24, 2.45) is 0 Å². The summed E-state index contributed by atoms with van der Waals surface area (Å²) in [6.45, 7) is 0.0973. The lowest BCUT2D eigenvalue weighted by Crippen LogP contribution is -2.41. The van der Waals surface area contributed by atoms with Gasteiger partial charge in [0.15, 0.2) is 9.84 Å². The second kappa shape index (κ2) is 9.06. The van der Waals surface area contributed by atoms with Crippen molar-refractivity contribution in [1.82, 2.24) is 4.90 Å². The number of nitrogens with zero attached hydrogens (tertiary/aromatic N) is 1. The topological polar surface area (TPSA) is 112 Å². The minimum atomic E-state index is -5.08. The zero-order chi connectivity index (χ0) is 26.5. The predicted molar refractivity (Wildman–Crippen MR) is 123 cm³/mol. The molecule has 3 heterocycles. The number of esters is 1. The second-order valence-electron chi connectivity index (χ2n) is 8.70. The van der Waals surface area contributed by atoms with E-state index in [2.05, 4.69) is 4.74 Å². The Morgan fingerprint density at radius 3 is 2.49 bits per heavy atom. The Morgan fingerprint density at radius 2 is 1.86 bits per heavy atom. The number of fused-ring (bicyclic) bond motifs is 3. The molecular formula is C24H20F3NO8S. The number of rotatable bonds is 4. The molecule has 0 bridgehead atoms. The first-order valence-electron chi connectivity index (χ1n) is 11.1. The van der Waals surface area contributed by atoms with Gasteiger partial charge in [-0.1, -0.05) is 0 Å². The molecule has 9 nitrogen and oxygen atoms in total. The van der Waals surface area contributed by atoms with Crippen LogP contribution in [0, 0.1) is 0 Å². The summed E-state index contributed by atoms with van der Waals surface area (Å²) in [5.41, 5.74) is -1.00. The summed E-state index contributed by atoms with van der Waals surface area (Å²) in [7, 11) is -2.02. The molecule has 0 radical (unpaired) electrons. The summed E-state index contributed by atoms with van der Waals surface area (Å²) in [4.78, 5) is 26.5. The van der Waals surface area contributed by atoms with Crippen LogP contribution in [-0.2, 0) is 27.3 Å². The van der Waals surface area contributed by atoms with Crippen molar-refractivity contribution < 1.29 is 45.0 Å². The molecule has 1 atom stereocenters. The first-order valence-corrected chi connectivity index (χ1v) is 12.9. The van der Waals surface area contributed by atoms with Crippen LogP contribution in [0.4, 0.5) is 13.2 Å². The number of carbonyl (C=O) groups is 1. The third-order valence-corrected chi connectivity index (χ3v) is 8.05. The number of hydrogen-bond acceptors (Lipinski definition) is 9. The summed E-state index contributed by atoms with van der Waals surface area (Å²) >= 11 is 0. The van der Waals surface area contributed by atoms with E-state index in [-0.39, 0.29) is 64.4 Å². The molecule has 196 valence electrons. The molecule has 0 N–H and O–H groups in total. The van der Waals surface area contributed by atoms with E-state index in [1.807, 2.05) is 0 Å². The van der Waals surface area contributed by atoms with Gasteiger partial charge in [-0.2, -0.15) is 13.2 Å². The van der Waals surface area contributed by atoms with Crippen LogP contribution in [-0.4, -0.2) is 50.7 Å². The molecule has 1 aromatic heterocycles. The van der Waals surface area contributed by atoms with Gasteiger partial charge in [-0.3, -0.25) is 9.69 Å².